The molecule has 2 nitrogen and oxygen atoms in total. The van der Waals surface area contributed by atoms with Gasteiger partial charge in [-0.15, -0.1) is 0 Å². The molecule has 0 spiro atoms. The lowest BCUT2D eigenvalue weighted by molar-refractivity contribution is 0.375. The van der Waals surface area contributed by atoms with Gasteiger partial charge in [0, 0.05) is 16.0 Å². The van der Waals surface area contributed by atoms with Crippen LogP contribution in [-0.2, 0) is 0 Å². The average Bonchev–Trinajstić information content (AvgIpc) is 2.62. The summed E-state index contributed by atoms with van der Waals surface area (Å²) in [4.78, 5) is 4.55. The summed E-state index contributed by atoms with van der Waals surface area (Å²) in [5.74, 6) is 0. The van der Waals surface area contributed by atoms with Gasteiger partial charge in [0.2, 0.25) is 0 Å². The van der Waals surface area contributed by atoms with E-state index in [2.05, 4.69) is 31.1 Å². The van der Waals surface area contributed by atoms with Gasteiger partial charge in [0.25, 0.3) is 0 Å². The zero-order valence-electron chi connectivity index (χ0n) is 11.0. The molecule has 1 aromatic carbocycles. The second kappa shape index (κ2) is 5.54. The molecule has 4 heteroatoms. The summed E-state index contributed by atoms with van der Waals surface area (Å²) < 4.78 is 0. The Morgan fingerprint density at radius 3 is 2.89 bits per heavy atom. The molecule has 1 atom stereocenters. The zero-order valence-corrected chi connectivity index (χ0v) is 12.6. The molecule has 1 unspecified atom stereocenters. The van der Waals surface area contributed by atoms with Crippen molar-refractivity contribution >= 4 is 34.2 Å². The van der Waals surface area contributed by atoms with Crippen molar-refractivity contribution in [2.24, 2.45) is 10.4 Å². The first kappa shape index (κ1) is 13.8. The van der Waals surface area contributed by atoms with E-state index in [0.29, 0.717) is 10.7 Å². The van der Waals surface area contributed by atoms with Gasteiger partial charge < -0.3 is 5.32 Å². The van der Waals surface area contributed by atoms with E-state index in [9.17, 15) is 0 Å². The number of benzene rings is 1. The fraction of sp³-hybridized carbons (Fsp3) is 0.500. The van der Waals surface area contributed by atoms with Crippen LogP contribution in [0.2, 0.25) is 5.02 Å². The van der Waals surface area contributed by atoms with E-state index in [1.807, 2.05) is 36.0 Å². The van der Waals surface area contributed by atoms with Crippen LogP contribution in [0.4, 0.5) is 5.69 Å². The number of thioether (sulfide) groups is 1. The number of amidine groups is 1. The van der Waals surface area contributed by atoms with Crippen molar-refractivity contribution in [3.63, 3.8) is 0 Å². The third kappa shape index (κ3) is 4.21. The van der Waals surface area contributed by atoms with Gasteiger partial charge >= 0.3 is 0 Å². The highest BCUT2D eigenvalue weighted by atomic mass is 35.5. The monoisotopic (exact) mass is 282 g/mol. The molecule has 18 heavy (non-hydrogen) atoms. The van der Waals surface area contributed by atoms with Crippen LogP contribution in [0.1, 0.15) is 27.2 Å². The molecule has 0 fully saturated rings. The summed E-state index contributed by atoms with van der Waals surface area (Å²) in [5.41, 5.74) is 1.36. The van der Waals surface area contributed by atoms with E-state index in [-0.39, 0.29) is 0 Å². The van der Waals surface area contributed by atoms with Crippen molar-refractivity contribution in [3.05, 3.63) is 29.3 Å². The van der Waals surface area contributed by atoms with Crippen LogP contribution in [0.3, 0.4) is 0 Å². The summed E-state index contributed by atoms with van der Waals surface area (Å²) in [6.07, 6.45) is 1.18. The normalized spacial score (nSPS) is 19.8. The predicted molar refractivity (Wildman–Crippen MR) is 82.8 cm³/mol. The maximum atomic E-state index is 5.96. The first-order valence-electron chi connectivity index (χ1n) is 6.16. The molecular weight excluding hydrogens is 264 g/mol. The van der Waals surface area contributed by atoms with Crippen molar-refractivity contribution in [2.45, 2.75) is 32.4 Å². The molecule has 1 aliphatic heterocycles. The van der Waals surface area contributed by atoms with Crippen LogP contribution in [0.5, 0.6) is 0 Å². The zero-order chi connectivity index (χ0) is 13.2. The van der Waals surface area contributed by atoms with Gasteiger partial charge in [0.05, 0.1) is 6.54 Å². The van der Waals surface area contributed by atoms with Crippen LogP contribution in [0.15, 0.2) is 29.3 Å². The topological polar surface area (TPSA) is 24.4 Å². The fourth-order valence-electron chi connectivity index (χ4n) is 1.97. The average molecular weight is 283 g/mol. The lowest BCUT2D eigenvalue weighted by atomic mass is 9.90. The first-order chi connectivity index (χ1) is 8.42. The Morgan fingerprint density at radius 1 is 1.44 bits per heavy atom. The number of aliphatic imine (C=N–C) groups is 1. The lowest BCUT2D eigenvalue weighted by Crippen LogP contribution is -2.16. The van der Waals surface area contributed by atoms with Gasteiger partial charge in [-0.3, -0.25) is 4.99 Å². The minimum absolute atomic E-state index is 0.360. The van der Waals surface area contributed by atoms with Gasteiger partial charge in [-0.2, -0.15) is 0 Å². The standard InChI is InChI=1S/C14H19ClN2S/c1-14(2,3)8-12-9-16-13(18-12)17-11-6-4-5-10(15)7-11/h4-7,12H,8-9H2,1-3H3,(H,16,17). The highest BCUT2D eigenvalue weighted by molar-refractivity contribution is 8.15. The molecule has 0 bridgehead atoms. The quantitative estimate of drug-likeness (QED) is 0.853. The lowest BCUT2D eigenvalue weighted by Gasteiger charge is -2.21. The second-order valence-electron chi connectivity index (χ2n) is 5.79. The maximum absolute atomic E-state index is 5.96. The molecule has 1 aliphatic rings. The number of rotatable bonds is 2. The Labute approximate surface area is 118 Å². The van der Waals surface area contributed by atoms with E-state index in [1.54, 1.807) is 0 Å². The highest BCUT2D eigenvalue weighted by Gasteiger charge is 2.24. The number of hydrogen-bond acceptors (Lipinski definition) is 3. The third-order valence-electron chi connectivity index (χ3n) is 2.63. The number of nitrogens with zero attached hydrogens (tertiary/aromatic N) is 1. The van der Waals surface area contributed by atoms with Crippen LogP contribution >= 0.6 is 23.4 Å². The van der Waals surface area contributed by atoms with Crippen molar-refractivity contribution in [2.75, 3.05) is 11.9 Å². The number of halogens is 1. The van der Waals surface area contributed by atoms with Gasteiger partial charge in [0.1, 0.15) is 0 Å². The minimum atomic E-state index is 0.360. The molecule has 0 saturated heterocycles. The van der Waals surface area contributed by atoms with Crippen LogP contribution < -0.4 is 5.32 Å². The maximum Gasteiger partial charge on any atom is 0.161 e. The van der Waals surface area contributed by atoms with E-state index >= 15 is 0 Å². The van der Waals surface area contributed by atoms with Crippen LogP contribution in [-0.4, -0.2) is 17.0 Å². The Kier molecular flexibility index (Phi) is 4.23. The Hall–Kier alpha value is -0.670. The van der Waals surface area contributed by atoms with Crippen molar-refractivity contribution in [3.8, 4) is 0 Å². The summed E-state index contributed by atoms with van der Waals surface area (Å²) in [6.45, 7) is 7.73. The van der Waals surface area contributed by atoms with Crippen molar-refractivity contribution < 1.29 is 0 Å². The van der Waals surface area contributed by atoms with Gasteiger partial charge in [0.15, 0.2) is 5.17 Å². The molecule has 0 aromatic heterocycles. The van der Waals surface area contributed by atoms with E-state index in [0.717, 1.165) is 22.4 Å². The smallest absolute Gasteiger partial charge is 0.161 e. The Bertz CT molecular complexity index is 451. The van der Waals surface area contributed by atoms with Gasteiger partial charge in [-0.25, -0.2) is 0 Å². The second-order valence-corrected chi connectivity index (χ2v) is 7.51. The molecule has 98 valence electrons. The van der Waals surface area contributed by atoms with Crippen molar-refractivity contribution in [1.82, 2.24) is 0 Å². The molecule has 0 aliphatic carbocycles. The van der Waals surface area contributed by atoms with E-state index in [1.165, 1.54) is 6.42 Å². The van der Waals surface area contributed by atoms with Crippen molar-refractivity contribution in [1.29, 1.82) is 0 Å². The number of nitrogens with one attached hydrogen (secondary N) is 1. The van der Waals surface area contributed by atoms with Gasteiger partial charge in [-0.1, -0.05) is 50.2 Å². The number of hydrogen-bond donors (Lipinski definition) is 1. The molecular formula is C14H19ClN2S. The third-order valence-corrected chi connectivity index (χ3v) is 3.97. The predicted octanol–water partition coefficient (Wildman–Crippen LogP) is 4.66. The van der Waals surface area contributed by atoms with Crippen LogP contribution in [0.25, 0.3) is 0 Å². The molecule has 2 rings (SSSR count). The Morgan fingerprint density at radius 2 is 2.22 bits per heavy atom. The summed E-state index contributed by atoms with van der Waals surface area (Å²) in [6, 6.07) is 7.74. The SMILES string of the molecule is CC(C)(C)CC1CN=C(Nc2cccc(Cl)c2)S1. The molecule has 0 radical (unpaired) electrons. The molecule has 1 heterocycles. The minimum Gasteiger partial charge on any atom is -0.335 e. The van der Waals surface area contributed by atoms with Gasteiger partial charge in [-0.05, 0) is 30.0 Å². The van der Waals surface area contributed by atoms with E-state index < -0.39 is 0 Å². The summed E-state index contributed by atoms with van der Waals surface area (Å²) in [5, 5.41) is 5.67. The Balaban J connectivity index is 1.90. The molecule has 0 amide bonds. The highest BCUT2D eigenvalue weighted by Crippen LogP contribution is 2.32. The summed E-state index contributed by atoms with van der Waals surface area (Å²) in [7, 11) is 0. The largest absolute Gasteiger partial charge is 0.335 e. The first-order valence-corrected chi connectivity index (χ1v) is 7.42. The molecule has 1 N–H and O–H groups in total. The molecule has 0 saturated carbocycles. The summed E-state index contributed by atoms with van der Waals surface area (Å²) >= 11 is 7.79. The van der Waals surface area contributed by atoms with E-state index in [4.69, 9.17) is 11.6 Å². The number of anilines is 1. The molecule has 1 aromatic rings. The fourth-order valence-corrected chi connectivity index (χ4v) is 3.53. The van der Waals surface area contributed by atoms with Crippen LogP contribution in [0, 0.1) is 5.41 Å².